The Labute approximate surface area is 121 Å². The lowest BCUT2D eigenvalue weighted by molar-refractivity contribution is 0.462. The fourth-order valence-corrected chi connectivity index (χ4v) is 2.04. The molecule has 5 nitrogen and oxygen atoms in total. The minimum absolute atomic E-state index is 0.437. The first-order valence-electron chi connectivity index (χ1n) is 6.13. The monoisotopic (exact) mass is 288 g/mol. The van der Waals surface area contributed by atoms with E-state index < -0.39 is 0 Å². The van der Waals surface area contributed by atoms with Gasteiger partial charge in [-0.3, -0.25) is 4.40 Å². The predicted octanol–water partition coefficient (Wildman–Crippen LogP) is 3.53. The highest BCUT2D eigenvalue weighted by Crippen LogP contribution is 2.29. The van der Waals surface area contributed by atoms with Crippen LogP contribution in [0.2, 0.25) is 5.02 Å². The Morgan fingerprint density at radius 3 is 3.00 bits per heavy atom. The van der Waals surface area contributed by atoms with E-state index in [-0.39, 0.29) is 0 Å². The first kappa shape index (κ1) is 12.7. The van der Waals surface area contributed by atoms with Crippen LogP contribution in [0.3, 0.4) is 0 Å². The van der Waals surface area contributed by atoms with Crippen molar-refractivity contribution in [3.8, 4) is 11.6 Å². The second kappa shape index (κ2) is 5.02. The number of anilines is 1. The van der Waals surface area contributed by atoms with Gasteiger partial charge in [-0.2, -0.15) is 4.98 Å². The number of rotatable bonds is 3. The van der Waals surface area contributed by atoms with Gasteiger partial charge in [0.2, 0.25) is 5.65 Å². The highest BCUT2D eigenvalue weighted by atomic mass is 35.5. The van der Waals surface area contributed by atoms with E-state index in [9.17, 15) is 0 Å². The Kier molecular flexibility index (Phi) is 3.20. The molecule has 0 fully saturated rings. The number of aromatic nitrogens is 3. The molecule has 3 rings (SSSR count). The third kappa shape index (κ3) is 2.28. The third-order valence-electron chi connectivity index (χ3n) is 2.96. The Morgan fingerprint density at radius 1 is 1.35 bits per heavy atom. The molecule has 20 heavy (non-hydrogen) atoms. The summed E-state index contributed by atoms with van der Waals surface area (Å²) in [5.74, 6) is 1.81. The van der Waals surface area contributed by atoms with Crippen molar-refractivity contribution < 1.29 is 4.74 Å². The van der Waals surface area contributed by atoms with E-state index in [1.54, 1.807) is 19.3 Å². The molecular weight excluding hydrogens is 276 g/mol. The van der Waals surface area contributed by atoms with E-state index in [2.05, 4.69) is 15.3 Å². The lowest BCUT2D eigenvalue weighted by Crippen LogP contribution is -2.00. The zero-order valence-electron chi connectivity index (χ0n) is 11.1. The summed E-state index contributed by atoms with van der Waals surface area (Å²) in [6.45, 7) is 1.95. The van der Waals surface area contributed by atoms with E-state index in [1.165, 1.54) is 0 Å². The van der Waals surface area contributed by atoms with Crippen molar-refractivity contribution in [1.29, 1.82) is 0 Å². The molecule has 0 unspecified atom stereocenters. The van der Waals surface area contributed by atoms with E-state index in [0.29, 0.717) is 28.1 Å². The molecule has 0 atom stereocenters. The van der Waals surface area contributed by atoms with Gasteiger partial charge >= 0.3 is 0 Å². The molecule has 2 aromatic heterocycles. The summed E-state index contributed by atoms with van der Waals surface area (Å²) in [7, 11) is 1.81. The Morgan fingerprint density at radius 2 is 2.20 bits per heavy atom. The number of ether oxygens (including phenoxy) is 1. The molecule has 1 N–H and O–H groups in total. The van der Waals surface area contributed by atoms with Gasteiger partial charge in [0, 0.05) is 24.5 Å². The fourth-order valence-electron chi connectivity index (χ4n) is 1.88. The van der Waals surface area contributed by atoms with Crippen LogP contribution in [-0.4, -0.2) is 21.4 Å². The van der Waals surface area contributed by atoms with Crippen LogP contribution in [0.5, 0.6) is 11.6 Å². The summed E-state index contributed by atoms with van der Waals surface area (Å²) in [4.78, 5) is 8.65. The molecular formula is C14H13ClN4O. The molecule has 0 bridgehead atoms. The number of hydrogen-bond donors (Lipinski definition) is 1. The molecule has 0 aliphatic rings. The third-order valence-corrected chi connectivity index (χ3v) is 3.19. The van der Waals surface area contributed by atoms with Crippen molar-refractivity contribution in [1.82, 2.24) is 14.4 Å². The van der Waals surface area contributed by atoms with Crippen molar-refractivity contribution >= 4 is 23.1 Å². The van der Waals surface area contributed by atoms with Gasteiger partial charge in [0.15, 0.2) is 0 Å². The maximum Gasteiger partial charge on any atom is 0.265 e. The topological polar surface area (TPSA) is 51.5 Å². The molecule has 0 aliphatic carbocycles. The van der Waals surface area contributed by atoms with E-state index in [0.717, 1.165) is 5.56 Å². The first-order chi connectivity index (χ1) is 9.67. The van der Waals surface area contributed by atoms with E-state index in [4.69, 9.17) is 16.3 Å². The Hall–Kier alpha value is -2.27. The van der Waals surface area contributed by atoms with E-state index >= 15 is 0 Å². The predicted molar refractivity (Wildman–Crippen MR) is 78.8 cm³/mol. The van der Waals surface area contributed by atoms with E-state index in [1.807, 2.05) is 35.9 Å². The maximum atomic E-state index is 6.01. The number of benzene rings is 1. The second-order valence-electron chi connectivity index (χ2n) is 4.35. The van der Waals surface area contributed by atoms with Crippen LogP contribution >= 0.6 is 11.6 Å². The lowest BCUT2D eigenvalue weighted by atomic mass is 10.2. The summed E-state index contributed by atoms with van der Waals surface area (Å²) < 4.78 is 7.74. The molecule has 1 aromatic carbocycles. The molecule has 2 heterocycles. The van der Waals surface area contributed by atoms with Crippen molar-refractivity contribution in [2.24, 2.45) is 0 Å². The van der Waals surface area contributed by atoms with Crippen LogP contribution in [0.4, 0.5) is 5.82 Å². The summed E-state index contributed by atoms with van der Waals surface area (Å²) in [6.07, 6.45) is 5.39. The number of halogens is 1. The number of nitrogens with zero attached hydrogens (tertiary/aromatic N) is 3. The molecule has 6 heteroatoms. The standard InChI is InChI=1S/C14H13ClN4O/c1-9-3-4-10(15)7-11(9)20-14-13-17-5-6-19(13)8-12(16-2)18-14/h3-8,16H,1-2H3. The molecule has 0 aliphatic heterocycles. The minimum Gasteiger partial charge on any atom is -0.436 e. The van der Waals surface area contributed by atoms with Crippen LogP contribution in [0.1, 0.15) is 5.56 Å². The SMILES string of the molecule is CNc1cn2ccnc2c(Oc2cc(Cl)ccc2C)n1. The van der Waals surface area contributed by atoms with Crippen molar-refractivity contribution in [2.45, 2.75) is 6.92 Å². The van der Waals surface area contributed by atoms with Gasteiger partial charge in [-0.15, -0.1) is 0 Å². The minimum atomic E-state index is 0.437. The number of nitrogens with one attached hydrogen (secondary N) is 1. The Balaban J connectivity index is 2.09. The van der Waals surface area contributed by atoms with Crippen molar-refractivity contribution in [3.63, 3.8) is 0 Å². The largest absolute Gasteiger partial charge is 0.436 e. The average molecular weight is 289 g/mol. The highest BCUT2D eigenvalue weighted by Gasteiger charge is 2.11. The Bertz CT molecular complexity index is 769. The van der Waals surface area contributed by atoms with Crippen LogP contribution in [0.25, 0.3) is 5.65 Å². The van der Waals surface area contributed by atoms with Crippen LogP contribution < -0.4 is 10.1 Å². The molecule has 0 spiro atoms. The van der Waals surface area contributed by atoms with Crippen LogP contribution in [0, 0.1) is 6.92 Å². The molecule has 0 saturated carbocycles. The summed E-state index contributed by atoms with van der Waals surface area (Å²) >= 11 is 6.01. The second-order valence-corrected chi connectivity index (χ2v) is 4.79. The quantitative estimate of drug-likeness (QED) is 0.801. The molecule has 0 radical (unpaired) electrons. The molecule has 0 amide bonds. The number of fused-ring (bicyclic) bond motifs is 1. The highest BCUT2D eigenvalue weighted by molar-refractivity contribution is 6.30. The average Bonchev–Trinajstić information content (AvgIpc) is 2.91. The van der Waals surface area contributed by atoms with Crippen LogP contribution in [0.15, 0.2) is 36.8 Å². The van der Waals surface area contributed by atoms with Gasteiger partial charge in [0.25, 0.3) is 5.88 Å². The summed E-state index contributed by atoms with van der Waals surface area (Å²) in [6, 6.07) is 5.50. The smallest absolute Gasteiger partial charge is 0.265 e. The van der Waals surface area contributed by atoms with Gasteiger partial charge in [-0.25, -0.2) is 4.98 Å². The van der Waals surface area contributed by atoms with Crippen molar-refractivity contribution in [3.05, 3.63) is 47.4 Å². The molecule has 102 valence electrons. The van der Waals surface area contributed by atoms with Crippen LogP contribution in [-0.2, 0) is 0 Å². The molecule has 3 aromatic rings. The number of hydrogen-bond acceptors (Lipinski definition) is 4. The normalized spacial score (nSPS) is 10.8. The summed E-state index contributed by atoms with van der Waals surface area (Å²) in [5, 5.41) is 3.62. The van der Waals surface area contributed by atoms with Gasteiger partial charge in [-0.05, 0) is 24.6 Å². The van der Waals surface area contributed by atoms with Gasteiger partial charge < -0.3 is 10.1 Å². The van der Waals surface area contributed by atoms with Gasteiger partial charge in [-0.1, -0.05) is 17.7 Å². The zero-order valence-corrected chi connectivity index (χ0v) is 11.8. The summed E-state index contributed by atoms with van der Waals surface area (Å²) in [5.41, 5.74) is 1.64. The maximum absolute atomic E-state index is 6.01. The zero-order chi connectivity index (χ0) is 14.1. The molecule has 0 saturated heterocycles. The number of imidazole rings is 1. The first-order valence-corrected chi connectivity index (χ1v) is 6.50. The lowest BCUT2D eigenvalue weighted by Gasteiger charge is -2.10. The number of aryl methyl sites for hydroxylation is 1. The van der Waals surface area contributed by atoms with Crippen molar-refractivity contribution in [2.75, 3.05) is 12.4 Å². The fraction of sp³-hybridized carbons (Fsp3) is 0.143. The van der Waals surface area contributed by atoms with Gasteiger partial charge in [0.1, 0.15) is 11.6 Å². The van der Waals surface area contributed by atoms with Gasteiger partial charge in [0.05, 0.1) is 6.20 Å².